The summed E-state index contributed by atoms with van der Waals surface area (Å²) >= 11 is 0. The lowest BCUT2D eigenvalue weighted by Crippen LogP contribution is -2.42. The van der Waals surface area contributed by atoms with Crippen LogP contribution in [-0.4, -0.2) is 34.4 Å². The van der Waals surface area contributed by atoms with Crippen molar-refractivity contribution in [2.75, 3.05) is 13.1 Å². The van der Waals surface area contributed by atoms with Crippen molar-refractivity contribution in [2.45, 2.75) is 58.9 Å². The summed E-state index contributed by atoms with van der Waals surface area (Å²) in [5.74, 6) is 0.286. The third-order valence-electron chi connectivity index (χ3n) is 4.79. The number of hydrogen-bond donors (Lipinski definition) is 0. The van der Waals surface area contributed by atoms with Gasteiger partial charge in [0.15, 0.2) is 5.78 Å². The standard InChI is InChI=1S/C17H28N2O/c1-5-8-15-9-6-7-10-19(15)12-17(20)16-11-13(2)18(4)14(16)3/h11,15H,5-10,12H2,1-4H3. The van der Waals surface area contributed by atoms with Crippen LogP contribution in [0.4, 0.5) is 0 Å². The first-order valence-corrected chi connectivity index (χ1v) is 7.94. The summed E-state index contributed by atoms with van der Waals surface area (Å²) in [5.41, 5.74) is 3.16. The number of aromatic nitrogens is 1. The Hall–Kier alpha value is -1.09. The fourth-order valence-electron chi connectivity index (χ4n) is 3.34. The van der Waals surface area contributed by atoms with Gasteiger partial charge < -0.3 is 4.57 Å². The lowest BCUT2D eigenvalue weighted by Gasteiger charge is -2.35. The molecular formula is C17H28N2O. The van der Waals surface area contributed by atoms with Crippen molar-refractivity contribution < 1.29 is 4.79 Å². The SMILES string of the molecule is CCCC1CCCCN1CC(=O)c1cc(C)n(C)c1C. The molecule has 0 spiro atoms. The van der Waals surface area contributed by atoms with Crippen molar-refractivity contribution in [3.8, 4) is 0 Å². The van der Waals surface area contributed by atoms with Crippen LogP contribution in [0.5, 0.6) is 0 Å². The zero-order valence-corrected chi connectivity index (χ0v) is 13.4. The number of hydrogen-bond acceptors (Lipinski definition) is 2. The molecule has 0 bridgehead atoms. The number of Topliss-reactive ketones (excluding diaryl/α,β-unsaturated/α-hetero) is 1. The minimum atomic E-state index is 0.286. The normalized spacial score (nSPS) is 20.3. The van der Waals surface area contributed by atoms with Crippen molar-refractivity contribution in [3.05, 3.63) is 23.0 Å². The molecule has 112 valence electrons. The number of nitrogens with zero attached hydrogens (tertiary/aromatic N) is 2. The lowest BCUT2D eigenvalue weighted by atomic mass is 9.97. The Balaban J connectivity index is 2.07. The summed E-state index contributed by atoms with van der Waals surface area (Å²) in [6, 6.07) is 2.65. The van der Waals surface area contributed by atoms with E-state index in [4.69, 9.17) is 0 Å². The number of rotatable bonds is 5. The van der Waals surface area contributed by atoms with E-state index in [0.717, 1.165) is 23.5 Å². The number of ketones is 1. The number of carbonyl (C=O) groups is 1. The summed E-state index contributed by atoms with van der Waals surface area (Å²) < 4.78 is 2.10. The molecule has 1 saturated heterocycles. The Labute approximate surface area is 123 Å². The topological polar surface area (TPSA) is 25.2 Å². The van der Waals surface area contributed by atoms with E-state index in [0.29, 0.717) is 12.6 Å². The molecule has 0 N–H and O–H groups in total. The highest BCUT2D eigenvalue weighted by molar-refractivity contribution is 5.99. The summed E-state index contributed by atoms with van der Waals surface area (Å²) in [6.45, 7) is 8.01. The molecule has 0 aromatic carbocycles. The first-order valence-electron chi connectivity index (χ1n) is 7.94. The highest BCUT2D eigenvalue weighted by atomic mass is 16.1. The van der Waals surface area contributed by atoms with Crippen LogP contribution in [0.25, 0.3) is 0 Å². The summed E-state index contributed by atoms with van der Waals surface area (Å²) in [7, 11) is 2.03. The average molecular weight is 276 g/mol. The third-order valence-corrected chi connectivity index (χ3v) is 4.79. The third kappa shape index (κ3) is 3.14. The van der Waals surface area contributed by atoms with Gasteiger partial charge in [-0.3, -0.25) is 9.69 Å². The molecule has 0 saturated carbocycles. The quantitative estimate of drug-likeness (QED) is 0.769. The summed E-state index contributed by atoms with van der Waals surface area (Å²) in [6.07, 6.45) is 6.24. The van der Waals surface area contributed by atoms with E-state index in [1.54, 1.807) is 0 Å². The molecule has 1 aromatic heterocycles. The number of aryl methyl sites for hydroxylation is 1. The van der Waals surface area contributed by atoms with Crippen molar-refractivity contribution in [1.29, 1.82) is 0 Å². The van der Waals surface area contributed by atoms with E-state index < -0.39 is 0 Å². The zero-order valence-electron chi connectivity index (χ0n) is 13.4. The molecule has 1 atom stereocenters. The minimum Gasteiger partial charge on any atom is -0.351 e. The predicted octanol–water partition coefficient (Wildman–Crippen LogP) is 3.48. The van der Waals surface area contributed by atoms with Gasteiger partial charge in [0.2, 0.25) is 0 Å². The second-order valence-electron chi connectivity index (χ2n) is 6.18. The molecule has 2 rings (SSSR count). The molecule has 20 heavy (non-hydrogen) atoms. The van der Waals surface area contributed by atoms with Gasteiger partial charge in [-0.1, -0.05) is 19.8 Å². The predicted molar refractivity (Wildman–Crippen MR) is 83.3 cm³/mol. The molecule has 1 unspecified atom stereocenters. The fraction of sp³-hybridized carbons (Fsp3) is 0.706. The van der Waals surface area contributed by atoms with E-state index in [-0.39, 0.29) is 5.78 Å². The van der Waals surface area contributed by atoms with Gasteiger partial charge in [-0.2, -0.15) is 0 Å². The smallest absolute Gasteiger partial charge is 0.178 e. The molecule has 3 nitrogen and oxygen atoms in total. The van der Waals surface area contributed by atoms with Gasteiger partial charge in [-0.25, -0.2) is 0 Å². The highest BCUT2D eigenvalue weighted by Crippen LogP contribution is 2.22. The van der Waals surface area contributed by atoms with Gasteiger partial charge in [0, 0.05) is 30.0 Å². The zero-order chi connectivity index (χ0) is 14.7. The van der Waals surface area contributed by atoms with Crippen LogP contribution >= 0.6 is 0 Å². The second-order valence-corrected chi connectivity index (χ2v) is 6.18. The van der Waals surface area contributed by atoms with Crippen LogP contribution in [0.2, 0.25) is 0 Å². The van der Waals surface area contributed by atoms with Crippen LogP contribution in [-0.2, 0) is 7.05 Å². The Morgan fingerprint density at radius 2 is 2.10 bits per heavy atom. The van der Waals surface area contributed by atoms with Crippen LogP contribution in [0.1, 0.15) is 60.8 Å². The Morgan fingerprint density at radius 1 is 1.35 bits per heavy atom. The average Bonchev–Trinajstić information content (AvgIpc) is 2.69. The van der Waals surface area contributed by atoms with E-state index in [1.807, 2.05) is 20.0 Å². The van der Waals surface area contributed by atoms with Gasteiger partial charge in [0.05, 0.1) is 6.54 Å². The second kappa shape index (κ2) is 6.57. The number of likely N-dealkylation sites (tertiary alicyclic amines) is 1. The summed E-state index contributed by atoms with van der Waals surface area (Å²) in [5, 5.41) is 0. The fourth-order valence-corrected chi connectivity index (χ4v) is 3.34. The van der Waals surface area contributed by atoms with Gasteiger partial charge in [-0.15, -0.1) is 0 Å². The molecule has 1 aliphatic heterocycles. The molecule has 2 heterocycles. The maximum absolute atomic E-state index is 12.6. The molecule has 1 fully saturated rings. The molecule has 3 heteroatoms. The molecule has 0 amide bonds. The molecule has 1 aromatic rings. The highest BCUT2D eigenvalue weighted by Gasteiger charge is 2.25. The minimum absolute atomic E-state index is 0.286. The number of piperidine rings is 1. The van der Waals surface area contributed by atoms with E-state index >= 15 is 0 Å². The molecule has 0 aliphatic carbocycles. The molecule has 0 radical (unpaired) electrons. The van der Waals surface area contributed by atoms with E-state index in [2.05, 4.69) is 23.3 Å². The Morgan fingerprint density at radius 3 is 2.70 bits per heavy atom. The maximum Gasteiger partial charge on any atom is 0.178 e. The van der Waals surface area contributed by atoms with Crippen molar-refractivity contribution >= 4 is 5.78 Å². The van der Waals surface area contributed by atoms with Crippen molar-refractivity contribution in [2.24, 2.45) is 7.05 Å². The van der Waals surface area contributed by atoms with Gasteiger partial charge in [-0.05, 0) is 45.7 Å². The first-order chi connectivity index (χ1) is 9.54. The first kappa shape index (κ1) is 15.3. The van der Waals surface area contributed by atoms with Crippen molar-refractivity contribution in [3.63, 3.8) is 0 Å². The van der Waals surface area contributed by atoms with Crippen molar-refractivity contribution in [1.82, 2.24) is 9.47 Å². The van der Waals surface area contributed by atoms with E-state index in [1.165, 1.54) is 32.1 Å². The Bertz CT molecular complexity index is 474. The van der Waals surface area contributed by atoms with Crippen LogP contribution in [0.15, 0.2) is 6.07 Å². The summed E-state index contributed by atoms with van der Waals surface area (Å²) in [4.78, 5) is 15.0. The lowest BCUT2D eigenvalue weighted by molar-refractivity contribution is 0.0830. The monoisotopic (exact) mass is 276 g/mol. The van der Waals surface area contributed by atoms with Crippen LogP contribution in [0, 0.1) is 13.8 Å². The number of carbonyl (C=O) groups excluding carboxylic acids is 1. The Kier molecular flexibility index (Phi) is 5.03. The molecule has 1 aliphatic rings. The van der Waals surface area contributed by atoms with E-state index in [9.17, 15) is 4.79 Å². The van der Waals surface area contributed by atoms with Gasteiger partial charge in [0.25, 0.3) is 0 Å². The largest absolute Gasteiger partial charge is 0.351 e. The van der Waals surface area contributed by atoms with Gasteiger partial charge in [0.1, 0.15) is 0 Å². The van der Waals surface area contributed by atoms with Crippen LogP contribution in [0.3, 0.4) is 0 Å². The van der Waals surface area contributed by atoms with Crippen LogP contribution < -0.4 is 0 Å². The molecular weight excluding hydrogens is 248 g/mol. The van der Waals surface area contributed by atoms with Gasteiger partial charge >= 0.3 is 0 Å². The maximum atomic E-state index is 12.6.